The molecule has 19 heavy (non-hydrogen) atoms. The zero-order valence-electron chi connectivity index (χ0n) is 11.7. The van der Waals surface area contributed by atoms with Crippen molar-refractivity contribution < 1.29 is 9.84 Å². The van der Waals surface area contributed by atoms with Crippen LogP contribution in [0.5, 0.6) is 11.5 Å². The van der Waals surface area contributed by atoms with Gasteiger partial charge >= 0.3 is 0 Å². The van der Waals surface area contributed by atoms with E-state index in [4.69, 9.17) is 4.74 Å². The van der Waals surface area contributed by atoms with E-state index in [9.17, 15) is 5.11 Å². The van der Waals surface area contributed by atoms with Crippen LogP contribution in [0.2, 0.25) is 0 Å². The Balaban J connectivity index is 2.04. The fraction of sp³-hybridized carbons (Fsp3) is 0.625. The van der Waals surface area contributed by atoms with Crippen molar-refractivity contribution in [2.24, 2.45) is 0 Å². The maximum atomic E-state index is 10.6. The highest BCUT2D eigenvalue weighted by atomic mass is 16.5. The van der Waals surface area contributed by atoms with Gasteiger partial charge in [0.1, 0.15) is 11.5 Å². The lowest BCUT2D eigenvalue weighted by atomic mass is 9.83. The van der Waals surface area contributed by atoms with Crippen LogP contribution in [-0.2, 0) is 12.8 Å². The van der Waals surface area contributed by atoms with Gasteiger partial charge in [0.2, 0.25) is 0 Å². The number of hydrogen-bond acceptors (Lipinski definition) is 3. The average molecular weight is 261 g/mol. The number of hydrogen-bond donors (Lipinski definition) is 2. The van der Waals surface area contributed by atoms with E-state index in [0.29, 0.717) is 11.7 Å². The molecule has 0 spiro atoms. The van der Waals surface area contributed by atoms with Crippen LogP contribution in [0.25, 0.3) is 0 Å². The molecule has 104 valence electrons. The summed E-state index contributed by atoms with van der Waals surface area (Å²) >= 11 is 0. The Labute approximate surface area is 115 Å². The van der Waals surface area contributed by atoms with Crippen LogP contribution in [0, 0.1) is 0 Å². The van der Waals surface area contributed by atoms with Gasteiger partial charge in [-0.15, -0.1) is 0 Å². The minimum absolute atomic E-state index is 0.426. The molecule has 1 heterocycles. The van der Waals surface area contributed by atoms with Crippen molar-refractivity contribution in [3.63, 3.8) is 0 Å². The summed E-state index contributed by atoms with van der Waals surface area (Å²) in [6.45, 7) is 2.06. The lowest BCUT2D eigenvalue weighted by Gasteiger charge is -2.28. The Morgan fingerprint density at radius 3 is 2.68 bits per heavy atom. The molecule has 1 aromatic carbocycles. The molecule has 1 aliphatic heterocycles. The van der Waals surface area contributed by atoms with Gasteiger partial charge in [-0.2, -0.15) is 0 Å². The van der Waals surface area contributed by atoms with E-state index in [1.54, 1.807) is 7.11 Å². The summed E-state index contributed by atoms with van der Waals surface area (Å²) in [5.74, 6) is 1.95. The van der Waals surface area contributed by atoms with Crippen molar-refractivity contribution in [1.29, 1.82) is 0 Å². The van der Waals surface area contributed by atoms with Crippen molar-refractivity contribution in [3.8, 4) is 11.5 Å². The van der Waals surface area contributed by atoms with E-state index in [-0.39, 0.29) is 0 Å². The minimum Gasteiger partial charge on any atom is -0.507 e. The van der Waals surface area contributed by atoms with E-state index in [0.717, 1.165) is 49.2 Å². The van der Waals surface area contributed by atoms with Gasteiger partial charge in [0.15, 0.2) is 0 Å². The van der Waals surface area contributed by atoms with Crippen LogP contribution in [-0.4, -0.2) is 25.3 Å². The first kappa shape index (κ1) is 12.8. The number of fused-ring (bicyclic) bond motifs is 1. The molecule has 2 aliphatic rings. The van der Waals surface area contributed by atoms with Gasteiger partial charge < -0.3 is 15.2 Å². The van der Waals surface area contributed by atoms with Crippen molar-refractivity contribution in [2.45, 2.75) is 44.4 Å². The van der Waals surface area contributed by atoms with Gasteiger partial charge in [-0.3, -0.25) is 0 Å². The molecule has 1 unspecified atom stereocenters. The number of piperidine rings is 1. The Hall–Kier alpha value is -1.22. The van der Waals surface area contributed by atoms with E-state index in [2.05, 4.69) is 11.4 Å². The highest BCUT2D eigenvalue weighted by molar-refractivity contribution is 5.55. The Kier molecular flexibility index (Phi) is 3.65. The second kappa shape index (κ2) is 5.41. The first-order chi connectivity index (χ1) is 9.31. The maximum Gasteiger partial charge on any atom is 0.122 e. The monoisotopic (exact) mass is 261 g/mol. The summed E-state index contributed by atoms with van der Waals surface area (Å²) in [5.41, 5.74) is 3.47. The van der Waals surface area contributed by atoms with Gasteiger partial charge in [-0.25, -0.2) is 0 Å². The SMILES string of the molecule is COc1cc(C2CCCNC2)c(O)c2c1CCCC2. The summed E-state index contributed by atoms with van der Waals surface area (Å²) in [5, 5.41) is 14.0. The number of phenols is 1. The van der Waals surface area contributed by atoms with E-state index in [1.807, 2.05) is 0 Å². The summed E-state index contributed by atoms with van der Waals surface area (Å²) in [6.07, 6.45) is 6.75. The van der Waals surface area contributed by atoms with Crippen molar-refractivity contribution in [1.82, 2.24) is 5.32 Å². The van der Waals surface area contributed by atoms with Gasteiger partial charge in [0.25, 0.3) is 0 Å². The number of rotatable bonds is 2. The third-order valence-corrected chi connectivity index (χ3v) is 4.57. The lowest BCUT2D eigenvalue weighted by molar-refractivity contribution is 0.389. The van der Waals surface area contributed by atoms with Gasteiger partial charge in [0, 0.05) is 29.2 Å². The number of benzene rings is 1. The number of aromatic hydroxyl groups is 1. The molecule has 0 radical (unpaired) electrons. The molecule has 0 amide bonds. The third-order valence-electron chi connectivity index (χ3n) is 4.57. The molecule has 0 bridgehead atoms. The zero-order chi connectivity index (χ0) is 13.2. The minimum atomic E-state index is 0.426. The van der Waals surface area contributed by atoms with Crippen LogP contribution in [0.15, 0.2) is 6.07 Å². The topological polar surface area (TPSA) is 41.5 Å². The van der Waals surface area contributed by atoms with Crippen LogP contribution < -0.4 is 10.1 Å². The molecule has 1 aromatic rings. The molecule has 0 saturated carbocycles. The molecule has 1 aliphatic carbocycles. The molecule has 1 saturated heterocycles. The number of methoxy groups -OCH3 is 1. The fourth-order valence-electron chi connectivity index (χ4n) is 3.52. The molecule has 1 atom stereocenters. The standard InChI is InChI=1S/C16H23NO2/c1-19-15-9-14(11-5-4-8-17-10-11)16(18)13-7-3-2-6-12(13)15/h9,11,17-18H,2-8,10H2,1H3. The van der Waals surface area contributed by atoms with Crippen molar-refractivity contribution in [2.75, 3.05) is 20.2 Å². The van der Waals surface area contributed by atoms with Crippen LogP contribution in [0.3, 0.4) is 0 Å². The maximum absolute atomic E-state index is 10.6. The second-order valence-electron chi connectivity index (χ2n) is 5.72. The van der Waals surface area contributed by atoms with Gasteiger partial charge in [0.05, 0.1) is 7.11 Å². The molecule has 2 N–H and O–H groups in total. The third kappa shape index (κ3) is 2.32. The molecule has 3 heteroatoms. The highest BCUT2D eigenvalue weighted by Gasteiger charge is 2.25. The van der Waals surface area contributed by atoms with Crippen molar-refractivity contribution >= 4 is 0 Å². The molecular formula is C16H23NO2. The summed E-state index contributed by atoms with van der Waals surface area (Å²) in [6, 6.07) is 2.08. The number of phenolic OH excluding ortho intramolecular Hbond substituents is 1. The number of ether oxygens (including phenoxy) is 1. The Bertz CT molecular complexity index is 464. The predicted octanol–water partition coefficient (Wildman–Crippen LogP) is 2.75. The molecular weight excluding hydrogens is 238 g/mol. The second-order valence-corrected chi connectivity index (χ2v) is 5.72. The molecule has 3 nitrogen and oxygen atoms in total. The Morgan fingerprint density at radius 2 is 2.00 bits per heavy atom. The van der Waals surface area contributed by atoms with E-state index >= 15 is 0 Å². The molecule has 3 rings (SSSR count). The largest absolute Gasteiger partial charge is 0.507 e. The normalized spacial score (nSPS) is 22.9. The molecule has 1 fully saturated rings. The lowest BCUT2D eigenvalue weighted by Crippen LogP contribution is -2.28. The van der Waals surface area contributed by atoms with Gasteiger partial charge in [-0.1, -0.05) is 0 Å². The van der Waals surface area contributed by atoms with Crippen molar-refractivity contribution in [3.05, 3.63) is 22.8 Å². The smallest absolute Gasteiger partial charge is 0.122 e. The summed E-state index contributed by atoms with van der Waals surface area (Å²) in [7, 11) is 1.74. The van der Waals surface area contributed by atoms with Crippen LogP contribution >= 0.6 is 0 Å². The van der Waals surface area contributed by atoms with E-state index < -0.39 is 0 Å². The average Bonchev–Trinajstić information content (AvgIpc) is 2.49. The highest BCUT2D eigenvalue weighted by Crippen LogP contribution is 2.42. The number of nitrogens with one attached hydrogen (secondary N) is 1. The van der Waals surface area contributed by atoms with Crippen LogP contribution in [0.4, 0.5) is 0 Å². The Morgan fingerprint density at radius 1 is 1.21 bits per heavy atom. The molecule has 0 aromatic heterocycles. The predicted molar refractivity (Wildman–Crippen MR) is 76.1 cm³/mol. The summed E-state index contributed by atoms with van der Waals surface area (Å²) < 4.78 is 5.57. The zero-order valence-corrected chi connectivity index (χ0v) is 11.7. The van der Waals surface area contributed by atoms with Gasteiger partial charge in [-0.05, 0) is 51.1 Å². The first-order valence-electron chi connectivity index (χ1n) is 7.43. The first-order valence-corrected chi connectivity index (χ1v) is 7.43. The summed E-state index contributed by atoms with van der Waals surface area (Å²) in [4.78, 5) is 0. The van der Waals surface area contributed by atoms with E-state index in [1.165, 1.54) is 24.8 Å². The quantitative estimate of drug-likeness (QED) is 0.860. The van der Waals surface area contributed by atoms with Crippen LogP contribution in [0.1, 0.15) is 48.3 Å². The fourth-order valence-corrected chi connectivity index (χ4v) is 3.52.